The summed E-state index contributed by atoms with van der Waals surface area (Å²) >= 11 is 1.76. The first-order valence-electron chi connectivity index (χ1n) is 4.48. The fourth-order valence-corrected chi connectivity index (χ4v) is 1.91. The third-order valence-electron chi connectivity index (χ3n) is 1.90. The molecule has 0 aliphatic heterocycles. The molecule has 5 heteroatoms. The zero-order valence-electron chi connectivity index (χ0n) is 7.76. The number of para-hydroxylation sites is 1. The number of aromatic nitrogens is 3. The smallest absolute Gasteiger partial charge is 0.113 e. The Morgan fingerprint density at radius 2 is 2.21 bits per heavy atom. The fraction of sp³-hybridized carbons (Fsp3) is 0.333. The summed E-state index contributed by atoms with van der Waals surface area (Å²) in [4.78, 5) is 0. The zero-order chi connectivity index (χ0) is 9.80. The first kappa shape index (κ1) is 9.48. The summed E-state index contributed by atoms with van der Waals surface area (Å²) in [6.45, 7) is 0.706. The van der Waals surface area contributed by atoms with Crippen LogP contribution < -0.4 is 5.73 Å². The molecule has 0 aliphatic carbocycles. The van der Waals surface area contributed by atoms with Gasteiger partial charge in [0.2, 0.25) is 0 Å². The number of hydrogen-bond donors (Lipinski definition) is 1. The lowest BCUT2D eigenvalue weighted by Gasteiger charge is -2.00. The van der Waals surface area contributed by atoms with E-state index < -0.39 is 0 Å². The van der Waals surface area contributed by atoms with E-state index in [1.165, 1.54) is 0 Å². The van der Waals surface area contributed by atoms with Gasteiger partial charge in [-0.15, -0.1) is 16.9 Å². The third-order valence-corrected chi connectivity index (χ3v) is 2.85. The van der Waals surface area contributed by atoms with Crippen LogP contribution in [-0.4, -0.2) is 27.3 Å². The van der Waals surface area contributed by atoms with Gasteiger partial charge in [0.25, 0.3) is 0 Å². The Morgan fingerprint density at radius 3 is 3.07 bits per heavy atom. The van der Waals surface area contributed by atoms with E-state index in [0.29, 0.717) is 6.54 Å². The van der Waals surface area contributed by atoms with E-state index >= 15 is 0 Å². The van der Waals surface area contributed by atoms with Crippen molar-refractivity contribution in [3.05, 3.63) is 24.3 Å². The van der Waals surface area contributed by atoms with E-state index in [4.69, 9.17) is 5.73 Å². The van der Waals surface area contributed by atoms with Crippen molar-refractivity contribution in [3.8, 4) is 0 Å². The molecule has 0 fully saturated rings. The average Bonchev–Trinajstić information content (AvgIpc) is 2.63. The third kappa shape index (κ3) is 1.88. The monoisotopic (exact) mass is 208 g/mol. The predicted octanol–water partition coefficient (Wildman–Crippen LogP) is 1.08. The molecular formula is C9H12N4S. The number of nitrogens with zero attached hydrogens (tertiary/aromatic N) is 3. The van der Waals surface area contributed by atoms with Crippen molar-refractivity contribution in [3.63, 3.8) is 0 Å². The Kier molecular flexibility index (Phi) is 3.00. The Labute approximate surface area is 86.5 Å². The Hall–Kier alpha value is -1.07. The highest BCUT2D eigenvalue weighted by Crippen LogP contribution is 2.12. The zero-order valence-corrected chi connectivity index (χ0v) is 8.57. The van der Waals surface area contributed by atoms with Crippen LogP contribution in [0.1, 0.15) is 0 Å². The first-order chi connectivity index (χ1) is 6.92. The second-order valence-corrected chi connectivity index (χ2v) is 3.98. The average molecular weight is 208 g/mol. The van der Waals surface area contributed by atoms with Crippen LogP contribution in [0.25, 0.3) is 11.0 Å². The summed E-state index contributed by atoms with van der Waals surface area (Å²) in [6, 6.07) is 7.95. The standard InChI is InChI=1S/C9H12N4S/c10-5-6-14-7-13-9-4-2-1-3-8(9)11-12-13/h1-4H,5-7,10H2. The first-order valence-corrected chi connectivity index (χ1v) is 5.63. The molecular weight excluding hydrogens is 196 g/mol. The SMILES string of the molecule is NCCSCn1nnc2ccccc21. The molecule has 0 atom stereocenters. The summed E-state index contributed by atoms with van der Waals surface area (Å²) in [5.74, 6) is 1.77. The molecule has 0 saturated heterocycles. The van der Waals surface area contributed by atoms with Crippen LogP contribution in [0.15, 0.2) is 24.3 Å². The number of thioether (sulfide) groups is 1. The molecule has 2 aromatic rings. The maximum atomic E-state index is 5.41. The van der Waals surface area contributed by atoms with Crippen molar-refractivity contribution in [2.75, 3.05) is 12.3 Å². The molecule has 74 valence electrons. The number of benzene rings is 1. The molecule has 1 heterocycles. The minimum atomic E-state index is 0.706. The van der Waals surface area contributed by atoms with Crippen molar-refractivity contribution in [2.24, 2.45) is 5.73 Å². The Bertz CT molecular complexity index is 412. The van der Waals surface area contributed by atoms with Crippen LogP contribution in [0, 0.1) is 0 Å². The maximum absolute atomic E-state index is 5.41. The largest absolute Gasteiger partial charge is 0.330 e. The lowest BCUT2D eigenvalue weighted by Crippen LogP contribution is -2.04. The van der Waals surface area contributed by atoms with Gasteiger partial charge in [0.15, 0.2) is 0 Å². The molecule has 0 spiro atoms. The predicted molar refractivity (Wildman–Crippen MR) is 59.0 cm³/mol. The lowest BCUT2D eigenvalue weighted by molar-refractivity contribution is 0.722. The molecule has 0 unspecified atom stereocenters. The topological polar surface area (TPSA) is 56.7 Å². The van der Waals surface area contributed by atoms with Gasteiger partial charge in [-0.25, -0.2) is 4.68 Å². The van der Waals surface area contributed by atoms with Crippen molar-refractivity contribution >= 4 is 22.8 Å². The molecule has 0 amide bonds. The van der Waals surface area contributed by atoms with Gasteiger partial charge in [0, 0.05) is 12.3 Å². The number of rotatable bonds is 4. The van der Waals surface area contributed by atoms with Gasteiger partial charge in [-0.05, 0) is 12.1 Å². The van der Waals surface area contributed by atoms with Gasteiger partial charge >= 0.3 is 0 Å². The summed E-state index contributed by atoms with van der Waals surface area (Å²) in [7, 11) is 0. The molecule has 2 rings (SSSR count). The normalized spacial score (nSPS) is 10.9. The number of hydrogen-bond acceptors (Lipinski definition) is 4. The Morgan fingerprint density at radius 1 is 1.36 bits per heavy atom. The molecule has 14 heavy (non-hydrogen) atoms. The van der Waals surface area contributed by atoms with Crippen LogP contribution in [-0.2, 0) is 5.88 Å². The van der Waals surface area contributed by atoms with E-state index in [2.05, 4.69) is 10.3 Å². The molecule has 2 N–H and O–H groups in total. The van der Waals surface area contributed by atoms with E-state index in [1.54, 1.807) is 11.8 Å². The van der Waals surface area contributed by atoms with E-state index in [-0.39, 0.29) is 0 Å². The number of fused-ring (bicyclic) bond motifs is 1. The van der Waals surface area contributed by atoms with Crippen LogP contribution in [0.3, 0.4) is 0 Å². The molecule has 0 saturated carbocycles. The van der Waals surface area contributed by atoms with E-state index in [1.807, 2.05) is 28.9 Å². The molecule has 4 nitrogen and oxygen atoms in total. The van der Waals surface area contributed by atoms with E-state index in [0.717, 1.165) is 22.7 Å². The van der Waals surface area contributed by atoms with Crippen LogP contribution in [0.5, 0.6) is 0 Å². The highest BCUT2D eigenvalue weighted by atomic mass is 32.2. The second kappa shape index (κ2) is 4.43. The quantitative estimate of drug-likeness (QED) is 0.764. The summed E-state index contributed by atoms with van der Waals surface area (Å²) < 4.78 is 1.90. The minimum Gasteiger partial charge on any atom is -0.330 e. The summed E-state index contributed by atoms with van der Waals surface area (Å²) in [5, 5.41) is 8.14. The van der Waals surface area contributed by atoms with Gasteiger partial charge in [0.1, 0.15) is 5.52 Å². The van der Waals surface area contributed by atoms with Crippen LogP contribution >= 0.6 is 11.8 Å². The summed E-state index contributed by atoms with van der Waals surface area (Å²) in [5.41, 5.74) is 7.44. The second-order valence-electron chi connectivity index (χ2n) is 2.90. The van der Waals surface area contributed by atoms with Crippen molar-refractivity contribution in [2.45, 2.75) is 5.88 Å². The van der Waals surface area contributed by atoms with Crippen molar-refractivity contribution in [1.29, 1.82) is 0 Å². The van der Waals surface area contributed by atoms with Gasteiger partial charge in [-0.2, -0.15) is 0 Å². The van der Waals surface area contributed by atoms with Gasteiger partial charge < -0.3 is 5.73 Å². The van der Waals surface area contributed by atoms with Gasteiger partial charge in [0.05, 0.1) is 11.4 Å². The maximum Gasteiger partial charge on any atom is 0.113 e. The highest BCUT2D eigenvalue weighted by molar-refractivity contribution is 7.98. The van der Waals surface area contributed by atoms with Crippen molar-refractivity contribution in [1.82, 2.24) is 15.0 Å². The van der Waals surface area contributed by atoms with Gasteiger partial charge in [-0.3, -0.25) is 0 Å². The molecule has 1 aromatic carbocycles. The molecule has 0 aliphatic rings. The molecule has 0 bridgehead atoms. The van der Waals surface area contributed by atoms with Crippen molar-refractivity contribution < 1.29 is 0 Å². The van der Waals surface area contributed by atoms with Gasteiger partial charge in [-0.1, -0.05) is 17.3 Å². The van der Waals surface area contributed by atoms with E-state index in [9.17, 15) is 0 Å². The minimum absolute atomic E-state index is 0.706. The molecule has 0 radical (unpaired) electrons. The Balaban J connectivity index is 2.17. The number of nitrogens with two attached hydrogens (primary N) is 1. The lowest BCUT2D eigenvalue weighted by atomic mass is 10.3. The molecule has 1 aromatic heterocycles. The summed E-state index contributed by atoms with van der Waals surface area (Å²) in [6.07, 6.45) is 0. The van der Waals surface area contributed by atoms with Crippen LogP contribution in [0.2, 0.25) is 0 Å². The van der Waals surface area contributed by atoms with Crippen LogP contribution in [0.4, 0.5) is 0 Å². The fourth-order valence-electron chi connectivity index (χ4n) is 1.25. The highest BCUT2D eigenvalue weighted by Gasteiger charge is 2.01.